The second-order valence-corrected chi connectivity index (χ2v) is 15.0. The zero-order valence-corrected chi connectivity index (χ0v) is 33.5. The molecule has 6 atom stereocenters. The molecule has 0 saturated carbocycles. The molecule has 310 valence electrons. The standard InChI is InChI=1S/C41H69O12P/c1-3-5-7-8-9-10-11-12-13-14-15-16-17-18-23-27-39(44)50-32-35(33-51-54(47,48)49)52-40(45)28-24-20-19-22-26-36-37(43)31-41(46)53-38(36)30-29-34(42)25-21-6-4-2/h5,7,9-10,12-13,19,22,29-30,34-38,41-43,46H,3-4,6,8,11,14-18,20-21,23-28,31-33H2,1-2H3,(H2,47,48,49)/b7-5-,10-9-,13-12-,22-19-,30-29+/t34-,35+,36-,37-,38+,41?/m0/s1. The van der Waals surface area contributed by atoms with E-state index in [1.54, 1.807) is 12.2 Å². The minimum absolute atomic E-state index is 0.0110. The number of hydrogen-bond acceptors (Lipinski definition) is 10. The van der Waals surface area contributed by atoms with E-state index < -0.39 is 57.1 Å². The largest absolute Gasteiger partial charge is 0.469 e. The van der Waals surface area contributed by atoms with Crippen LogP contribution in [0.1, 0.15) is 136 Å². The molecule has 0 amide bonds. The van der Waals surface area contributed by atoms with Crippen LogP contribution in [0.25, 0.3) is 0 Å². The Morgan fingerprint density at radius 3 is 2.17 bits per heavy atom. The first-order valence-corrected chi connectivity index (χ1v) is 21.5. The Morgan fingerprint density at radius 1 is 0.796 bits per heavy atom. The molecule has 5 N–H and O–H groups in total. The molecule has 0 spiro atoms. The number of aliphatic hydroxyl groups is 3. The molecule has 0 bridgehead atoms. The number of aliphatic hydroxyl groups excluding tert-OH is 3. The Kier molecular flexibility index (Phi) is 29.2. The molecule has 1 fully saturated rings. The summed E-state index contributed by atoms with van der Waals surface area (Å²) in [5.41, 5.74) is 0. The van der Waals surface area contributed by atoms with Crippen LogP contribution in [0.15, 0.2) is 60.8 Å². The summed E-state index contributed by atoms with van der Waals surface area (Å²) in [6.07, 6.45) is 29.9. The van der Waals surface area contributed by atoms with Gasteiger partial charge in [-0.15, -0.1) is 0 Å². The number of carbonyl (C=O) groups is 2. The molecule has 12 nitrogen and oxygen atoms in total. The van der Waals surface area contributed by atoms with E-state index in [0.717, 1.165) is 70.6 Å². The molecule has 1 heterocycles. The molecule has 1 aliphatic heterocycles. The molecule has 54 heavy (non-hydrogen) atoms. The number of hydrogen-bond donors (Lipinski definition) is 5. The van der Waals surface area contributed by atoms with Gasteiger partial charge in [-0.3, -0.25) is 14.1 Å². The summed E-state index contributed by atoms with van der Waals surface area (Å²) in [4.78, 5) is 43.0. The number of phosphoric ester groups is 1. The fourth-order valence-electron chi connectivity index (χ4n) is 5.78. The normalized spacial score (nSPS) is 20.9. The first-order valence-electron chi connectivity index (χ1n) is 20.0. The van der Waals surface area contributed by atoms with Gasteiger partial charge in [0.1, 0.15) is 6.61 Å². The lowest BCUT2D eigenvalue weighted by Gasteiger charge is -2.36. The zero-order chi connectivity index (χ0) is 39.9. The molecule has 1 unspecified atom stereocenters. The highest BCUT2D eigenvalue weighted by atomic mass is 31.2. The Balaban J connectivity index is 2.37. The third-order valence-electron chi connectivity index (χ3n) is 8.82. The summed E-state index contributed by atoms with van der Waals surface area (Å²) in [6.45, 7) is 3.20. The van der Waals surface area contributed by atoms with Crippen molar-refractivity contribution in [1.29, 1.82) is 0 Å². The third kappa shape index (κ3) is 28.1. The number of rotatable bonds is 31. The van der Waals surface area contributed by atoms with Gasteiger partial charge in [-0.1, -0.05) is 113 Å². The smallest absolute Gasteiger partial charge is 0.462 e. The highest BCUT2D eigenvalue weighted by molar-refractivity contribution is 7.46. The monoisotopic (exact) mass is 784 g/mol. The number of esters is 2. The van der Waals surface area contributed by atoms with Gasteiger partial charge in [0.05, 0.1) is 24.9 Å². The van der Waals surface area contributed by atoms with Gasteiger partial charge in [-0.2, -0.15) is 0 Å². The third-order valence-corrected chi connectivity index (χ3v) is 9.30. The molecule has 1 rings (SSSR count). The topological polar surface area (TPSA) is 189 Å². The minimum Gasteiger partial charge on any atom is -0.462 e. The van der Waals surface area contributed by atoms with Crippen molar-refractivity contribution in [2.75, 3.05) is 13.2 Å². The molecule has 0 radical (unpaired) electrons. The summed E-state index contributed by atoms with van der Waals surface area (Å²) in [5.74, 6) is -1.43. The SMILES string of the molecule is CC/C=C\C/C=C\C/C=C\CCCCCCCC(=O)OC[C@H](COP(=O)(O)O)OC(=O)CCC/C=C\C[C@H]1[C@@H](O)CC(O)O[C@@H]1/C=C/[C@@H](O)CCCCC. The van der Waals surface area contributed by atoms with Crippen LogP contribution in [0.5, 0.6) is 0 Å². The molecule has 0 aliphatic carbocycles. The molecule has 1 aliphatic rings. The quantitative estimate of drug-likeness (QED) is 0.0199. The molecule has 0 aromatic carbocycles. The maximum Gasteiger partial charge on any atom is 0.469 e. The number of phosphoric acid groups is 1. The van der Waals surface area contributed by atoms with Crippen LogP contribution in [0.4, 0.5) is 0 Å². The van der Waals surface area contributed by atoms with Crippen molar-refractivity contribution < 1.29 is 58.0 Å². The van der Waals surface area contributed by atoms with Gasteiger partial charge in [-0.05, 0) is 64.2 Å². The summed E-state index contributed by atoms with van der Waals surface area (Å²) >= 11 is 0. The van der Waals surface area contributed by atoms with Crippen LogP contribution in [-0.4, -0.2) is 81.0 Å². The van der Waals surface area contributed by atoms with Gasteiger partial charge < -0.3 is 39.3 Å². The van der Waals surface area contributed by atoms with Crippen LogP contribution >= 0.6 is 7.82 Å². The van der Waals surface area contributed by atoms with Gasteiger partial charge in [0.2, 0.25) is 0 Å². The van der Waals surface area contributed by atoms with Crippen LogP contribution < -0.4 is 0 Å². The fraction of sp³-hybridized carbons (Fsp3) is 0.707. The number of carbonyl (C=O) groups excluding carboxylic acids is 2. The fourth-order valence-corrected chi connectivity index (χ4v) is 6.14. The Labute approximate surface area is 323 Å². The maximum absolute atomic E-state index is 12.5. The molecule has 0 aromatic heterocycles. The van der Waals surface area contributed by atoms with E-state index >= 15 is 0 Å². The van der Waals surface area contributed by atoms with Crippen molar-refractivity contribution in [2.24, 2.45) is 5.92 Å². The molecule has 13 heteroatoms. The van der Waals surface area contributed by atoms with Gasteiger partial charge >= 0.3 is 19.8 Å². The van der Waals surface area contributed by atoms with Crippen LogP contribution in [-0.2, 0) is 32.9 Å². The summed E-state index contributed by atoms with van der Waals surface area (Å²) < 4.78 is 32.0. The van der Waals surface area contributed by atoms with Crippen molar-refractivity contribution in [3.8, 4) is 0 Å². The van der Waals surface area contributed by atoms with E-state index in [1.165, 1.54) is 0 Å². The highest BCUT2D eigenvalue weighted by Gasteiger charge is 2.35. The van der Waals surface area contributed by atoms with Crippen LogP contribution in [0.2, 0.25) is 0 Å². The minimum atomic E-state index is -4.84. The van der Waals surface area contributed by atoms with Gasteiger partial charge in [-0.25, -0.2) is 4.57 Å². The summed E-state index contributed by atoms with van der Waals surface area (Å²) in [7, 11) is -4.84. The lowest BCUT2D eigenvalue weighted by Crippen LogP contribution is -2.43. The number of allylic oxidation sites excluding steroid dienone is 8. The van der Waals surface area contributed by atoms with Crippen molar-refractivity contribution in [2.45, 2.75) is 167 Å². The lowest BCUT2D eigenvalue weighted by atomic mass is 9.87. The van der Waals surface area contributed by atoms with Crippen LogP contribution in [0.3, 0.4) is 0 Å². The van der Waals surface area contributed by atoms with Gasteiger partial charge in [0.25, 0.3) is 0 Å². The first kappa shape index (κ1) is 49.6. The van der Waals surface area contributed by atoms with Gasteiger partial charge in [0, 0.05) is 25.2 Å². The second-order valence-electron chi connectivity index (χ2n) is 13.8. The predicted octanol–water partition coefficient (Wildman–Crippen LogP) is 7.84. The molecular weight excluding hydrogens is 715 g/mol. The number of ether oxygens (including phenoxy) is 3. The first-order chi connectivity index (χ1) is 25.9. The maximum atomic E-state index is 12.5. The lowest BCUT2D eigenvalue weighted by molar-refractivity contribution is -0.199. The van der Waals surface area contributed by atoms with E-state index in [-0.39, 0.29) is 31.8 Å². The summed E-state index contributed by atoms with van der Waals surface area (Å²) in [5, 5.41) is 30.8. The van der Waals surface area contributed by atoms with E-state index in [4.69, 9.17) is 24.0 Å². The molecule has 0 aromatic rings. The van der Waals surface area contributed by atoms with Crippen LogP contribution in [0, 0.1) is 5.92 Å². The Morgan fingerprint density at radius 2 is 1.44 bits per heavy atom. The average molecular weight is 785 g/mol. The second kappa shape index (κ2) is 31.8. The predicted molar refractivity (Wildman–Crippen MR) is 210 cm³/mol. The van der Waals surface area contributed by atoms with E-state index in [1.807, 2.05) is 12.2 Å². The Hall–Kier alpha value is -2.41. The highest BCUT2D eigenvalue weighted by Crippen LogP contribution is 2.36. The molecule has 1 saturated heterocycles. The molecular formula is C41H69O12P. The van der Waals surface area contributed by atoms with Crippen molar-refractivity contribution >= 4 is 19.8 Å². The summed E-state index contributed by atoms with van der Waals surface area (Å²) in [6, 6.07) is 0. The van der Waals surface area contributed by atoms with Crippen molar-refractivity contribution in [1.82, 2.24) is 0 Å². The van der Waals surface area contributed by atoms with E-state index in [2.05, 4.69) is 54.8 Å². The van der Waals surface area contributed by atoms with Gasteiger partial charge in [0.15, 0.2) is 12.4 Å². The Bertz CT molecular complexity index is 1180. The van der Waals surface area contributed by atoms with Crippen molar-refractivity contribution in [3.05, 3.63) is 60.8 Å². The number of unbranched alkanes of at least 4 members (excludes halogenated alkanes) is 8. The average Bonchev–Trinajstić information content (AvgIpc) is 3.12. The zero-order valence-electron chi connectivity index (χ0n) is 32.6. The van der Waals surface area contributed by atoms with Crippen molar-refractivity contribution in [3.63, 3.8) is 0 Å². The van der Waals surface area contributed by atoms with E-state index in [9.17, 15) is 29.5 Å². The van der Waals surface area contributed by atoms with E-state index in [0.29, 0.717) is 32.1 Å².